The van der Waals surface area contributed by atoms with Crippen LogP contribution in [0.1, 0.15) is 0 Å². The van der Waals surface area contributed by atoms with Crippen molar-refractivity contribution in [2.24, 2.45) is 0 Å². The molecular formula is C21H19O3P. The van der Waals surface area contributed by atoms with Crippen LogP contribution in [0.4, 0.5) is 0 Å². The first-order chi connectivity index (χ1) is 12.3. The lowest BCUT2D eigenvalue weighted by atomic mass is 10.0. The lowest BCUT2D eigenvalue weighted by molar-refractivity contribution is 0.397. The van der Waals surface area contributed by atoms with Crippen molar-refractivity contribution in [1.29, 1.82) is 0 Å². The molecule has 0 unspecified atom stereocenters. The van der Waals surface area contributed by atoms with E-state index in [1.54, 1.807) is 14.2 Å². The summed E-state index contributed by atoms with van der Waals surface area (Å²) in [5.74, 6) is 2.57. The number of hydrogen-bond acceptors (Lipinski definition) is 3. The average Bonchev–Trinajstić information content (AvgIpc) is 3.12. The van der Waals surface area contributed by atoms with Gasteiger partial charge in [-0.05, 0) is 31.4 Å². The van der Waals surface area contributed by atoms with Gasteiger partial charge in [0.15, 0.2) is 0 Å². The summed E-state index contributed by atoms with van der Waals surface area (Å²) in [6.45, 7) is 0. The Hall–Kier alpha value is -2.51. The molecule has 0 amide bonds. The summed E-state index contributed by atoms with van der Waals surface area (Å²) in [6.07, 6.45) is 0.711. The van der Waals surface area contributed by atoms with Crippen molar-refractivity contribution in [3.05, 3.63) is 66.7 Å². The topological polar surface area (TPSA) is 27.7 Å². The highest BCUT2D eigenvalue weighted by atomic mass is 31.1. The fourth-order valence-corrected chi connectivity index (χ4v) is 5.46. The smallest absolute Gasteiger partial charge is 0.130 e. The first kappa shape index (κ1) is 16.0. The molecule has 0 fully saturated rings. The third-order valence-corrected chi connectivity index (χ3v) is 6.69. The summed E-state index contributed by atoms with van der Waals surface area (Å²) < 4.78 is 17.3. The van der Waals surface area contributed by atoms with Gasteiger partial charge in [0, 0.05) is 10.9 Å². The molecule has 3 nitrogen and oxygen atoms in total. The predicted octanol–water partition coefficient (Wildman–Crippen LogP) is 4.15. The van der Waals surface area contributed by atoms with Crippen LogP contribution in [-0.4, -0.2) is 20.6 Å². The molecule has 4 heteroatoms. The Morgan fingerprint density at radius 3 is 2.16 bits per heavy atom. The maximum atomic E-state index is 6.02. The Bertz CT molecular complexity index is 871. The van der Waals surface area contributed by atoms with Crippen molar-refractivity contribution in [1.82, 2.24) is 0 Å². The predicted molar refractivity (Wildman–Crippen MR) is 103 cm³/mol. The molecule has 1 aliphatic rings. The van der Waals surface area contributed by atoms with Crippen LogP contribution in [0.3, 0.4) is 0 Å². The van der Waals surface area contributed by atoms with Crippen LogP contribution >= 0.6 is 7.92 Å². The molecule has 0 radical (unpaired) electrons. The Labute approximate surface area is 148 Å². The van der Waals surface area contributed by atoms with Gasteiger partial charge in [-0.25, -0.2) is 0 Å². The van der Waals surface area contributed by atoms with Crippen LogP contribution in [0, 0.1) is 0 Å². The molecule has 25 heavy (non-hydrogen) atoms. The molecule has 1 aliphatic heterocycles. The standard InChI is InChI=1S/C21H19O3P/c1-22-17-11-7-12-18(23-2)20(17)16-10-6-13-19-21(16)25(14-24-19)15-8-4-3-5-9-15/h3-13H,14H2,1-2H3/t25-/m0/s1. The quantitative estimate of drug-likeness (QED) is 0.662. The zero-order valence-electron chi connectivity index (χ0n) is 14.2. The second kappa shape index (κ2) is 6.78. The van der Waals surface area contributed by atoms with Gasteiger partial charge in [0.25, 0.3) is 0 Å². The molecule has 3 aromatic rings. The number of benzene rings is 3. The molecule has 0 aromatic heterocycles. The van der Waals surface area contributed by atoms with Gasteiger partial charge in [-0.2, -0.15) is 0 Å². The van der Waals surface area contributed by atoms with Gasteiger partial charge in [0.2, 0.25) is 0 Å². The fourth-order valence-electron chi connectivity index (χ4n) is 3.25. The minimum atomic E-state index is -0.569. The minimum absolute atomic E-state index is 0.569. The fraction of sp³-hybridized carbons (Fsp3) is 0.143. The highest BCUT2D eigenvalue weighted by Gasteiger charge is 2.30. The molecule has 1 heterocycles. The van der Waals surface area contributed by atoms with Gasteiger partial charge < -0.3 is 14.2 Å². The maximum Gasteiger partial charge on any atom is 0.130 e. The summed E-state index contributed by atoms with van der Waals surface area (Å²) >= 11 is 0. The van der Waals surface area contributed by atoms with Gasteiger partial charge in [0.05, 0.1) is 19.8 Å². The normalized spacial score (nSPS) is 15.4. The van der Waals surface area contributed by atoms with E-state index in [0.29, 0.717) is 6.35 Å². The molecule has 0 saturated heterocycles. The Kier molecular flexibility index (Phi) is 4.33. The van der Waals surface area contributed by atoms with E-state index in [1.165, 1.54) is 10.6 Å². The van der Waals surface area contributed by atoms with E-state index in [0.717, 1.165) is 28.4 Å². The minimum Gasteiger partial charge on any atom is -0.496 e. The van der Waals surface area contributed by atoms with Gasteiger partial charge in [0.1, 0.15) is 23.6 Å². The van der Waals surface area contributed by atoms with E-state index in [1.807, 2.05) is 36.4 Å². The van der Waals surface area contributed by atoms with Crippen LogP contribution in [0.2, 0.25) is 0 Å². The van der Waals surface area contributed by atoms with Crippen molar-refractivity contribution in [3.8, 4) is 28.4 Å². The molecule has 0 aliphatic carbocycles. The van der Waals surface area contributed by atoms with Crippen molar-refractivity contribution in [2.75, 3.05) is 20.6 Å². The summed E-state index contributed by atoms with van der Waals surface area (Å²) in [5.41, 5.74) is 2.11. The van der Waals surface area contributed by atoms with Crippen LogP contribution in [0.15, 0.2) is 66.7 Å². The van der Waals surface area contributed by atoms with E-state index in [4.69, 9.17) is 14.2 Å². The largest absolute Gasteiger partial charge is 0.496 e. The van der Waals surface area contributed by atoms with Crippen LogP contribution in [-0.2, 0) is 0 Å². The highest BCUT2D eigenvalue weighted by molar-refractivity contribution is 7.73. The number of rotatable bonds is 4. The highest BCUT2D eigenvalue weighted by Crippen LogP contribution is 2.49. The van der Waals surface area contributed by atoms with Gasteiger partial charge >= 0.3 is 0 Å². The van der Waals surface area contributed by atoms with Crippen LogP contribution < -0.4 is 24.8 Å². The summed E-state index contributed by atoms with van der Waals surface area (Å²) in [7, 11) is 2.82. The van der Waals surface area contributed by atoms with E-state index >= 15 is 0 Å². The molecule has 0 N–H and O–H groups in total. The summed E-state index contributed by atoms with van der Waals surface area (Å²) in [4.78, 5) is 0. The third-order valence-electron chi connectivity index (χ3n) is 4.38. The number of methoxy groups -OCH3 is 2. The molecule has 3 aromatic carbocycles. The lowest BCUT2D eigenvalue weighted by Gasteiger charge is -2.18. The Morgan fingerprint density at radius 2 is 1.48 bits per heavy atom. The van der Waals surface area contributed by atoms with E-state index in [-0.39, 0.29) is 0 Å². The molecule has 0 bridgehead atoms. The first-order valence-electron chi connectivity index (χ1n) is 8.13. The SMILES string of the molecule is COc1cccc(OC)c1-c1cccc2c1[P@](c1ccccc1)CO2. The summed E-state index contributed by atoms with van der Waals surface area (Å²) in [5, 5.41) is 2.57. The maximum absolute atomic E-state index is 6.02. The van der Waals surface area contributed by atoms with Crippen LogP contribution in [0.25, 0.3) is 11.1 Å². The lowest BCUT2D eigenvalue weighted by Crippen LogP contribution is -2.12. The molecule has 0 saturated carbocycles. The van der Waals surface area contributed by atoms with Crippen LogP contribution in [0.5, 0.6) is 17.2 Å². The monoisotopic (exact) mass is 350 g/mol. The van der Waals surface area contributed by atoms with E-state index < -0.39 is 7.92 Å². The first-order valence-corrected chi connectivity index (χ1v) is 9.66. The second-order valence-corrected chi connectivity index (χ2v) is 7.80. The molecule has 1 atom stereocenters. The zero-order chi connectivity index (χ0) is 17.2. The van der Waals surface area contributed by atoms with E-state index in [9.17, 15) is 0 Å². The van der Waals surface area contributed by atoms with Crippen molar-refractivity contribution in [2.45, 2.75) is 0 Å². The molecular weight excluding hydrogens is 331 g/mol. The Morgan fingerprint density at radius 1 is 0.800 bits per heavy atom. The molecule has 0 spiro atoms. The van der Waals surface area contributed by atoms with Crippen molar-refractivity contribution in [3.63, 3.8) is 0 Å². The van der Waals surface area contributed by atoms with Crippen molar-refractivity contribution >= 4 is 18.5 Å². The number of hydrogen-bond donors (Lipinski definition) is 0. The van der Waals surface area contributed by atoms with Gasteiger partial charge in [-0.3, -0.25) is 0 Å². The molecule has 126 valence electrons. The average molecular weight is 350 g/mol. The Balaban J connectivity index is 1.94. The van der Waals surface area contributed by atoms with E-state index in [2.05, 4.69) is 30.3 Å². The van der Waals surface area contributed by atoms with Gasteiger partial charge in [-0.15, -0.1) is 0 Å². The second-order valence-electron chi connectivity index (χ2n) is 5.73. The number of fused-ring (bicyclic) bond motifs is 1. The van der Waals surface area contributed by atoms with Gasteiger partial charge in [-0.1, -0.05) is 48.5 Å². The summed E-state index contributed by atoms with van der Waals surface area (Å²) in [6, 6.07) is 22.7. The van der Waals surface area contributed by atoms with Crippen molar-refractivity contribution < 1.29 is 14.2 Å². The zero-order valence-corrected chi connectivity index (χ0v) is 15.1. The number of ether oxygens (including phenoxy) is 3. The third kappa shape index (κ3) is 2.75. The molecule has 4 rings (SSSR count).